The zero-order chi connectivity index (χ0) is 13.1. The van der Waals surface area contributed by atoms with Gasteiger partial charge in [0.25, 0.3) is 5.91 Å². The fourth-order valence-corrected chi connectivity index (χ4v) is 2.59. The van der Waals surface area contributed by atoms with E-state index in [0.717, 1.165) is 11.1 Å². The van der Waals surface area contributed by atoms with E-state index in [1.165, 1.54) is 17.3 Å². The fraction of sp³-hybridized carbons (Fsp3) is 0.143. The molecule has 1 saturated heterocycles. The Hall–Kier alpha value is -1.39. The smallest absolute Gasteiger partial charge is 0.263 e. The predicted octanol–water partition coefficient (Wildman–Crippen LogP) is 3.43. The van der Waals surface area contributed by atoms with Gasteiger partial charge in [0.2, 0.25) is 0 Å². The van der Waals surface area contributed by atoms with Crippen LogP contribution in [0.3, 0.4) is 0 Å². The summed E-state index contributed by atoms with van der Waals surface area (Å²) in [4.78, 5) is 12.3. The van der Waals surface area contributed by atoms with Gasteiger partial charge in [-0.05, 0) is 25.0 Å². The van der Waals surface area contributed by atoms with Gasteiger partial charge in [-0.15, -0.1) is 0 Å². The lowest BCUT2D eigenvalue weighted by atomic mass is 10.1. The molecule has 1 aliphatic rings. The first kappa shape index (κ1) is 13.1. The molecule has 0 bridgehead atoms. The van der Waals surface area contributed by atoms with E-state index in [1.807, 2.05) is 19.1 Å². The van der Waals surface area contributed by atoms with Crippen molar-refractivity contribution >= 4 is 40.3 Å². The minimum atomic E-state index is -0.101. The number of benzene rings is 1. The third-order valence-electron chi connectivity index (χ3n) is 2.58. The van der Waals surface area contributed by atoms with Crippen LogP contribution in [0.15, 0.2) is 40.8 Å². The lowest BCUT2D eigenvalue weighted by Gasteiger charge is -1.97. The maximum absolute atomic E-state index is 11.6. The highest BCUT2D eigenvalue weighted by atomic mass is 32.2. The van der Waals surface area contributed by atoms with Crippen LogP contribution in [0.25, 0.3) is 6.08 Å². The van der Waals surface area contributed by atoms with Crippen molar-refractivity contribution in [1.82, 2.24) is 5.32 Å². The van der Waals surface area contributed by atoms with Crippen molar-refractivity contribution in [1.29, 1.82) is 0 Å². The first-order valence-electron chi connectivity index (χ1n) is 5.55. The Kier molecular flexibility index (Phi) is 3.99. The van der Waals surface area contributed by atoms with E-state index in [0.29, 0.717) is 9.23 Å². The molecule has 1 aliphatic heterocycles. The number of carbonyl (C=O) groups excluding carboxylic acids is 1. The molecule has 92 valence electrons. The minimum absolute atomic E-state index is 0.101. The molecule has 0 unspecified atom stereocenters. The number of aryl methyl sites for hydroxylation is 1. The number of allylic oxidation sites excluding steroid dienone is 2. The maximum Gasteiger partial charge on any atom is 0.263 e. The number of thiocarbonyl (C=S) groups is 1. The Balaban J connectivity index is 2.18. The maximum atomic E-state index is 11.6. The van der Waals surface area contributed by atoms with Gasteiger partial charge >= 0.3 is 0 Å². The summed E-state index contributed by atoms with van der Waals surface area (Å²) in [5.74, 6) is -0.101. The standard InChI is InChI=1S/C14H13NOS2/c1-9-3-6-11(7-4-9)8-5-10(2)12-13(16)15-14(17)18-12/h3-8H,1-2H3,(H,15,16,17). The number of hydrogen-bond donors (Lipinski definition) is 1. The highest BCUT2D eigenvalue weighted by Gasteiger charge is 2.23. The molecule has 1 amide bonds. The molecule has 2 rings (SSSR count). The van der Waals surface area contributed by atoms with E-state index in [4.69, 9.17) is 12.2 Å². The van der Waals surface area contributed by atoms with Crippen molar-refractivity contribution in [2.24, 2.45) is 0 Å². The molecule has 1 N–H and O–H groups in total. The third kappa shape index (κ3) is 3.09. The van der Waals surface area contributed by atoms with E-state index in [2.05, 4.69) is 36.5 Å². The quantitative estimate of drug-likeness (QED) is 0.662. The van der Waals surface area contributed by atoms with E-state index >= 15 is 0 Å². The second-order valence-electron chi connectivity index (χ2n) is 4.10. The van der Waals surface area contributed by atoms with Crippen LogP contribution in [0.5, 0.6) is 0 Å². The highest BCUT2D eigenvalue weighted by molar-refractivity contribution is 8.26. The molecule has 1 aromatic carbocycles. The van der Waals surface area contributed by atoms with Crippen LogP contribution in [-0.2, 0) is 4.79 Å². The summed E-state index contributed by atoms with van der Waals surface area (Å²) < 4.78 is 0.526. The van der Waals surface area contributed by atoms with E-state index < -0.39 is 0 Å². The van der Waals surface area contributed by atoms with Gasteiger partial charge in [0.15, 0.2) is 0 Å². The first-order valence-corrected chi connectivity index (χ1v) is 6.77. The van der Waals surface area contributed by atoms with Gasteiger partial charge in [0, 0.05) is 0 Å². The van der Waals surface area contributed by atoms with Crippen molar-refractivity contribution in [2.75, 3.05) is 0 Å². The number of nitrogens with one attached hydrogen (secondary N) is 1. The summed E-state index contributed by atoms with van der Waals surface area (Å²) in [5.41, 5.74) is 3.28. The van der Waals surface area contributed by atoms with E-state index in [1.54, 1.807) is 0 Å². The number of carbonyl (C=O) groups is 1. The van der Waals surface area contributed by atoms with E-state index in [9.17, 15) is 4.79 Å². The molecule has 0 aliphatic carbocycles. The highest BCUT2D eigenvalue weighted by Crippen LogP contribution is 2.27. The van der Waals surface area contributed by atoms with Crippen LogP contribution in [0.1, 0.15) is 18.1 Å². The first-order chi connectivity index (χ1) is 8.56. The van der Waals surface area contributed by atoms with Crippen LogP contribution in [0.4, 0.5) is 0 Å². The van der Waals surface area contributed by atoms with Crippen LogP contribution in [-0.4, -0.2) is 10.2 Å². The zero-order valence-corrected chi connectivity index (χ0v) is 11.8. The largest absolute Gasteiger partial charge is 0.307 e. The molecular formula is C14H13NOS2. The molecule has 1 heterocycles. The third-order valence-corrected chi connectivity index (χ3v) is 3.93. The molecule has 1 aromatic rings. The van der Waals surface area contributed by atoms with Gasteiger partial charge in [-0.25, -0.2) is 0 Å². The monoisotopic (exact) mass is 275 g/mol. The number of hydrogen-bond acceptors (Lipinski definition) is 3. The van der Waals surface area contributed by atoms with Crippen molar-refractivity contribution < 1.29 is 4.79 Å². The van der Waals surface area contributed by atoms with Gasteiger partial charge < -0.3 is 5.32 Å². The van der Waals surface area contributed by atoms with Crippen LogP contribution in [0.2, 0.25) is 0 Å². The second-order valence-corrected chi connectivity index (χ2v) is 5.79. The molecule has 0 radical (unpaired) electrons. The van der Waals surface area contributed by atoms with Crippen molar-refractivity contribution in [3.8, 4) is 0 Å². The lowest BCUT2D eigenvalue weighted by Crippen LogP contribution is -2.18. The average Bonchev–Trinajstić information content (AvgIpc) is 2.67. The second kappa shape index (κ2) is 5.50. The van der Waals surface area contributed by atoms with Gasteiger partial charge in [-0.2, -0.15) is 0 Å². The average molecular weight is 275 g/mol. The molecule has 0 atom stereocenters. The summed E-state index contributed by atoms with van der Waals surface area (Å²) in [5, 5.41) is 2.62. The molecule has 1 fully saturated rings. The van der Waals surface area contributed by atoms with Crippen molar-refractivity contribution in [3.05, 3.63) is 51.9 Å². The van der Waals surface area contributed by atoms with Crippen molar-refractivity contribution in [2.45, 2.75) is 13.8 Å². The van der Waals surface area contributed by atoms with Crippen LogP contribution in [0, 0.1) is 6.92 Å². The summed E-state index contributed by atoms with van der Waals surface area (Å²) in [6.45, 7) is 3.97. The van der Waals surface area contributed by atoms with E-state index in [-0.39, 0.29) is 5.91 Å². The summed E-state index contributed by atoms with van der Waals surface area (Å²) in [6, 6.07) is 8.23. The fourth-order valence-electron chi connectivity index (χ4n) is 1.55. The molecule has 4 heteroatoms. The number of amides is 1. The Morgan fingerprint density at radius 2 is 2.00 bits per heavy atom. The number of rotatable bonds is 2. The summed E-state index contributed by atoms with van der Waals surface area (Å²) in [6.07, 6.45) is 3.94. The van der Waals surface area contributed by atoms with Gasteiger partial charge in [-0.3, -0.25) is 4.79 Å². The van der Waals surface area contributed by atoms with Crippen LogP contribution >= 0.6 is 24.0 Å². The molecular weight excluding hydrogens is 262 g/mol. The Labute approximate surface area is 116 Å². The predicted molar refractivity (Wildman–Crippen MR) is 81.2 cm³/mol. The van der Waals surface area contributed by atoms with Gasteiger partial charge in [0.05, 0.1) is 4.91 Å². The normalized spacial score (nSPS) is 18.3. The summed E-state index contributed by atoms with van der Waals surface area (Å²) >= 11 is 6.28. The van der Waals surface area contributed by atoms with Gasteiger partial charge in [-0.1, -0.05) is 66.0 Å². The SMILES string of the molecule is CC(C=Cc1ccc(C)cc1)=C1SC(=S)NC1=O. The molecule has 2 nitrogen and oxygen atoms in total. The minimum Gasteiger partial charge on any atom is -0.307 e. The molecule has 0 spiro atoms. The Morgan fingerprint density at radius 1 is 1.33 bits per heavy atom. The molecule has 18 heavy (non-hydrogen) atoms. The molecule has 0 aromatic heterocycles. The Morgan fingerprint density at radius 3 is 2.56 bits per heavy atom. The summed E-state index contributed by atoms with van der Waals surface area (Å²) in [7, 11) is 0. The van der Waals surface area contributed by atoms with Crippen molar-refractivity contribution in [3.63, 3.8) is 0 Å². The zero-order valence-electron chi connectivity index (χ0n) is 10.2. The lowest BCUT2D eigenvalue weighted by molar-refractivity contribution is -0.115. The Bertz CT molecular complexity index is 556. The van der Waals surface area contributed by atoms with Crippen LogP contribution < -0.4 is 5.32 Å². The topological polar surface area (TPSA) is 29.1 Å². The number of thioether (sulfide) groups is 1. The molecule has 0 saturated carbocycles. The van der Waals surface area contributed by atoms with Gasteiger partial charge in [0.1, 0.15) is 4.32 Å².